The molecule has 19 heteroatoms. The summed E-state index contributed by atoms with van der Waals surface area (Å²) < 4.78 is 42.2. The summed E-state index contributed by atoms with van der Waals surface area (Å²) in [6.45, 7) is 12.9. The Hall–Kier alpha value is -6.73. The first-order valence-electron chi connectivity index (χ1n) is 26.2. The molecule has 2 aromatic carbocycles. The molecule has 6 aromatic rings. The summed E-state index contributed by atoms with van der Waals surface area (Å²) in [5, 5.41) is 6.48. The molecule has 0 spiro atoms. The summed E-state index contributed by atoms with van der Waals surface area (Å²) in [4.78, 5) is 75.9. The van der Waals surface area contributed by atoms with E-state index in [-0.39, 0.29) is 35.7 Å². The second-order valence-electron chi connectivity index (χ2n) is 22.5. The molecule has 11 rings (SSSR count). The fraction of sp³-hybridized carbons (Fsp3) is 0.500. The third-order valence-electron chi connectivity index (χ3n) is 15.7. The van der Waals surface area contributed by atoms with Gasteiger partial charge in [-0.1, -0.05) is 19.9 Å². The second kappa shape index (κ2) is 19.4. The minimum absolute atomic E-state index is 0.169. The molecule has 396 valence electrons. The van der Waals surface area contributed by atoms with Crippen LogP contribution < -0.4 is 15.4 Å². The fourth-order valence-corrected chi connectivity index (χ4v) is 13.5. The van der Waals surface area contributed by atoms with E-state index in [9.17, 15) is 19.2 Å². The van der Waals surface area contributed by atoms with Crippen molar-refractivity contribution >= 4 is 46.2 Å². The van der Waals surface area contributed by atoms with Gasteiger partial charge in [0.25, 0.3) is 0 Å². The smallest absolute Gasteiger partial charge is 0.407 e. The van der Waals surface area contributed by atoms with E-state index in [0.29, 0.717) is 84.6 Å². The Kier molecular flexibility index (Phi) is 13.1. The first-order valence-corrected chi connectivity index (χ1v) is 27.1. The highest BCUT2D eigenvalue weighted by atomic mass is 32.1. The lowest BCUT2D eigenvalue weighted by molar-refractivity contribution is -0.178. The van der Waals surface area contributed by atoms with Crippen molar-refractivity contribution in [3.05, 3.63) is 88.1 Å². The van der Waals surface area contributed by atoms with E-state index in [0.717, 1.165) is 52.7 Å². The molecule has 1 aliphatic carbocycles. The molecule has 4 aromatic heterocycles. The monoisotopic (exact) mass is 1040 g/mol. The van der Waals surface area contributed by atoms with Crippen molar-refractivity contribution in [1.82, 2.24) is 44.9 Å². The van der Waals surface area contributed by atoms with Gasteiger partial charge in [-0.15, -0.1) is 11.3 Å². The molecule has 17 nitrogen and oxygen atoms in total. The number of aromatic amines is 2. The number of carbonyl (C=O) groups excluding carboxylic acids is 4. The van der Waals surface area contributed by atoms with Crippen LogP contribution >= 0.6 is 11.3 Å². The predicted molar refractivity (Wildman–Crippen MR) is 280 cm³/mol. The molecule has 0 bridgehead atoms. The van der Waals surface area contributed by atoms with Crippen molar-refractivity contribution in [2.24, 2.45) is 11.8 Å². The number of thiophene rings is 1. The molecular formula is C56H66FN9O8S. The number of nitrogens with one attached hydrogen (secondary N) is 4. The van der Waals surface area contributed by atoms with E-state index in [4.69, 9.17) is 28.9 Å². The number of amides is 4. The molecule has 2 unspecified atom stereocenters. The standard InChI is InChI=1S/C56H66FN9O8S/c1-29(2)46(62-53(69)71-7)50(67)64-19-9-11-39(64)49-59-28-37(61-49)32-22-35(57)45-41-23-33-21-31(15-16-38(33)66(41)52(73-42(45)24-32)44-18-17-43(75-44)30-13-14-30)36-27-58-48(60-36)40-12-10-20-65(40)51(68)47(63-54(70)72-8)34-25-55(3,4)74-56(5,6)26-34/h15-18,21-24,27-30,34,39-40,46-47,52H,9-14,19-20,25-26H2,1-8H3,(H,58,60)(H,59,61)(H,62,69)(H,63,70)/t39-,40-,46-,47?,52?/m0/s1. The topological polar surface area (TPSA) is 198 Å². The molecule has 8 heterocycles. The Morgan fingerprint density at radius 1 is 0.773 bits per heavy atom. The zero-order valence-electron chi connectivity index (χ0n) is 43.8. The number of rotatable bonds is 12. The molecule has 3 saturated heterocycles. The van der Waals surface area contributed by atoms with Crippen molar-refractivity contribution in [3.8, 4) is 39.5 Å². The number of hydrogen-bond acceptors (Lipinski definition) is 11. The molecule has 1 saturated carbocycles. The third-order valence-corrected chi connectivity index (χ3v) is 16.9. The zero-order chi connectivity index (χ0) is 52.7. The summed E-state index contributed by atoms with van der Waals surface area (Å²) in [5.41, 5.74) is 3.68. The molecule has 4 aliphatic heterocycles. The maximum atomic E-state index is 17.0. The van der Waals surface area contributed by atoms with Crippen LogP contribution in [0.4, 0.5) is 14.0 Å². The summed E-state index contributed by atoms with van der Waals surface area (Å²) >= 11 is 1.73. The van der Waals surface area contributed by atoms with Crippen LogP contribution in [0.25, 0.3) is 44.7 Å². The number of nitrogens with zero attached hydrogens (tertiary/aromatic N) is 5. The summed E-state index contributed by atoms with van der Waals surface area (Å²) in [7, 11) is 2.58. The number of likely N-dealkylation sites (tertiary alicyclic amines) is 2. The van der Waals surface area contributed by atoms with E-state index in [2.05, 4.69) is 43.4 Å². The van der Waals surface area contributed by atoms with E-state index < -0.39 is 47.5 Å². The lowest BCUT2D eigenvalue weighted by Gasteiger charge is -2.47. The van der Waals surface area contributed by atoms with E-state index >= 15 is 4.39 Å². The highest BCUT2D eigenvalue weighted by Gasteiger charge is 2.47. The molecule has 5 aliphatic rings. The Morgan fingerprint density at radius 2 is 1.39 bits per heavy atom. The number of imidazole rings is 2. The van der Waals surface area contributed by atoms with Crippen LogP contribution in [0, 0.1) is 17.7 Å². The fourth-order valence-electron chi connectivity index (χ4n) is 12.3. The Bertz CT molecular complexity index is 3170. The Labute approximate surface area is 439 Å². The molecule has 4 amide bonds. The Balaban J connectivity index is 0.892. The maximum absolute atomic E-state index is 17.0. The van der Waals surface area contributed by atoms with Crippen LogP contribution in [0.15, 0.2) is 60.9 Å². The molecule has 4 fully saturated rings. The van der Waals surface area contributed by atoms with Crippen molar-refractivity contribution in [2.75, 3.05) is 27.3 Å². The van der Waals surface area contributed by atoms with Gasteiger partial charge in [-0.2, -0.15) is 0 Å². The van der Waals surface area contributed by atoms with E-state index in [1.807, 2.05) is 70.7 Å². The van der Waals surface area contributed by atoms with E-state index in [1.165, 1.54) is 25.2 Å². The maximum Gasteiger partial charge on any atom is 0.407 e. The number of halogens is 1. The first kappa shape index (κ1) is 50.4. The van der Waals surface area contributed by atoms with Crippen LogP contribution in [0.5, 0.6) is 5.75 Å². The van der Waals surface area contributed by atoms with Crippen LogP contribution in [0.2, 0.25) is 0 Å². The number of alkyl carbamates (subject to hydrolysis) is 2. The van der Waals surface area contributed by atoms with Gasteiger partial charge >= 0.3 is 12.2 Å². The van der Waals surface area contributed by atoms with Crippen LogP contribution in [0.3, 0.4) is 0 Å². The van der Waals surface area contributed by atoms with Crippen LogP contribution in [0.1, 0.15) is 139 Å². The average molecular weight is 1040 g/mol. The lowest BCUT2D eigenvalue weighted by Crippen LogP contribution is -2.57. The van der Waals surface area contributed by atoms with Gasteiger partial charge in [0.05, 0.1) is 82.9 Å². The van der Waals surface area contributed by atoms with Gasteiger partial charge in [-0.25, -0.2) is 23.9 Å². The number of hydrogen-bond donors (Lipinski definition) is 4. The van der Waals surface area contributed by atoms with Crippen LogP contribution in [-0.4, -0.2) is 109 Å². The number of benzene rings is 2. The third kappa shape index (κ3) is 9.66. The number of carbonyl (C=O) groups is 4. The molecular weight excluding hydrogens is 978 g/mol. The SMILES string of the molecule is COC(=O)NC(C(=O)N1CCC[C@H]1c1ncc(-c2ccc3c(c2)cc2n3C(c3ccc(C4CC4)s3)Oc3cc(-c4cnc([C@@H]5CCCN5C(=O)[C@@H](NC(=O)OC)C(C)C)[nH]4)cc(F)c3-2)[nH]1)C1CC(C)(C)OC(C)(C)C1. The van der Waals surface area contributed by atoms with Crippen LogP contribution in [-0.2, 0) is 23.8 Å². The number of methoxy groups -OCH3 is 2. The number of ether oxygens (including phenoxy) is 4. The largest absolute Gasteiger partial charge is 0.464 e. The summed E-state index contributed by atoms with van der Waals surface area (Å²) in [6, 6.07) is 13.6. The summed E-state index contributed by atoms with van der Waals surface area (Å²) in [5.74, 6) is 0.984. The lowest BCUT2D eigenvalue weighted by atomic mass is 9.76. The van der Waals surface area contributed by atoms with Gasteiger partial charge in [0.1, 0.15) is 35.3 Å². The number of aromatic nitrogens is 5. The predicted octanol–water partition coefficient (Wildman–Crippen LogP) is 10.5. The van der Waals surface area contributed by atoms with Crippen molar-refractivity contribution < 1.29 is 42.5 Å². The van der Waals surface area contributed by atoms with E-state index in [1.54, 1.807) is 28.6 Å². The molecule has 0 radical (unpaired) electrons. The van der Waals surface area contributed by atoms with Gasteiger partial charge in [0.2, 0.25) is 18.0 Å². The normalized spacial score (nSPS) is 21.9. The minimum atomic E-state index is -0.810. The van der Waals surface area contributed by atoms with Gasteiger partial charge in [0, 0.05) is 34.5 Å². The highest BCUT2D eigenvalue weighted by molar-refractivity contribution is 7.12. The van der Waals surface area contributed by atoms with Crippen molar-refractivity contribution in [1.29, 1.82) is 0 Å². The minimum Gasteiger partial charge on any atom is -0.464 e. The van der Waals surface area contributed by atoms with Gasteiger partial charge < -0.3 is 49.3 Å². The zero-order valence-corrected chi connectivity index (χ0v) is 44.6. The number of fused-ring (bicyclic) bond motifs is 5. The van der Waals surface area contributed by atoms with Crippen molar-refractivity contribution in [2.45, 2.75) is 140 Å². The quantitative estimate of drug-likeness (QED) is 0.0915. The number of H-pyrrole nitrogens is 2. The average Bonchev–Trinajstić information content (AvgIpc) is 4.12. The molecule has 5 atom stereocenters. The first-order chi connectivity index (χ1) is 35.9. The van der Waals surface area contributed by atoms with Crippen molar-refractivity contribution in [3.63, 3.8) is 0 Å². The summed E-state index contributed by atoms with van der Waals surface area (Å²) in [6.07, 6.45) is 7.99. The second-order valence-corrected chi connectivity index (χ2v) is 23.6. The molecule has 4 N–H and O–H groups in total. The highest BCUT2D eigenvalue weighted by Crippen LogP contribution is 2.51. The van der Waals surface area contributed by atoms with Gasteiger partial charge in [0.15, 0.2) is 0 Å². The Morgan fingerprint density at radius 3 is 2.01 bits per heavy atom. The van der Waals surface area contributed by atoms with Gasteiger partial charge in [-0.05, 0) is 139 Å². The molecule has 75 heavy (non-hydrogen) atoms. The van der Waals surface area contributed by atoms with Gasteiger partial charge in [-0.3, -0.25) is 14.2 Å².